The van der Waals surface area contributed by atoms with Crippen molar-refractivity contribution in [2.45, 2.75) is 37.5 Å². The quantitative estimate of drug-likeness (QED) is 0.839. The minimum atomic E-state index is -4.03. The summed E-state index contributed by atoms with van der Waals surface area (Å²) in [4.78, 5) is -0.613. The minimum Gasteiger partial charge on any atom is -0.394 e. The molecule has 1 aromatic rings. The van der Waals surface area contributed by atoms with E-state index in [9.17, 15) is 17.2 Å². The van der Waals surface area contributed by atoms with Gasteiger partial charge in [-0.25, -0.2) is 21.9 Å². The van der Waals surface area contributed by atoms with Crippen molar-refractivity contribution in [1.82, 2.24) is 4.72 Å². The summed E-state index contributed by atoms with van der Waals surface area (Å²) >= 11 is 0. The zero-order valence-corrected chi connectivity index (χ0v) is 12.1. The van der Waals surface area contributed by atoms with E-state index in [2.05, 4.69) is 4.72 Å². The topological polar surface area (TPSA) is 72.2 Å². The molecule has 0 heterocycles. The van der Waals surface area contributed by atoms with Gasteiger partial charge in [0.15, 0.2) is 5.82 Å². The molecule has 0 spiro atoms. The third-order valence-electron chi connectivity index (χ3n) is 3.88. The van der Waals surface area contributed by atoms with Crippen LogP contribution in [0.25, 0.3) is 0 Å². The number of sulfonamides is 1. The van der Waals surface area contributed by atoms with E-state index in [1.165, 1.54) is 0 Å². The monoisotopic (exact) mass is 304 g/mol. The van der Waals surface area contributed by atoms with Crippen LogP contribution in [0.2, 0.25) is 0 Å². The van der Waals surface area contributed by atoms with Gasteiger partial charge < -0.3 is 5.73 Å². The minimum absolute atomic E-state index is 0.102. The molecule has 0 bridgehead atoms. The van der Waals surface area contributed by atoms with Crippen molar-refractivity contribution in [2.24, 2.45) is 5.41 Å². The molecule has 3 N–H and O–H groups in total. The van der Waals surface area contributed by atoms with Crippen LogP contribution in [0.1, 0.15) is 32.6 Å². The number of anilines is 1. The van der Waals surface area contributed by atoms with Crippen LogP contribution in [-0.4, -0.2) is 15.0 Å². The summed E-state index contributed by atoms with van der Waals surface area (Å²) in [5, 5.41) is 0. The van der Waals surface area contributed by atoms with Gasteiger partial charge in [-0.05, 0) is 30.4 Å². The third kappa shape index (κ3) is 2.93. The van der Waals surface area contributed by atoms with E-state index >= 15 is 0 Å². The number of rotatable bonds is 4. The number of nitrogens with one attached hydrogen (secondary N) is 1. The van der Waals surface area contributed by atoms with Crippen molar-refractivity contribution in [3.05, 3.63) is 23.8 Å². The molecule has 0 unspecified atom stereocenters. The van der Waals surface area contributed by atoms with Gasteiger partial charge in [-0.2, -0.15) is 0 Å². The fourth-order valence-electron chi connectivity index (χ4n) is 2.51. The lowest BCUT2D eigenvalue weighted by Gasteiger charge is -2.23. The van der Waals surface area contributed by atoms with Gasteiger partial charge in [0.1, 0.15) is 16.4 Å². The summed E-state index contributed by atoms with van der Waals surface area (Å²) in [5.74, 6) is -2.21. The standard InChI is InChI=1S/C13H18F2N2O2S/c1-13(6-2-3-7-13)8-17-20(18,19)10-5-4-9(14)12(16)11(10)15/h4-5,17H,2-3,6-8,16H2,1H3. The molecule has 0 atom stereocenters. The lowest BCUT2D eigenvalue weighted by Crippen LogP contribution is -2.34. The van der Waals surface area contributed by atoms with Crippen molar-refractivity contribution < 1.29 is 17.2 Å². The van der Waals surface area contributed by atoms with Gasteiger partial charge in [0.25, 0.3) is 0 Å². The van der Waals surface area contributed by atoms with E-state index in [1.54, 1.807) is 0 Å². The average molecular weight is 304 g/mol. The van der Waals surface area contributed by atoms with Gasteiger partial charge in [-0.1, -0.05) is 19.8 Å². The molecule has 4 nitrogen and oxygen atoms in total. The Kier molecular flexibility index (Phi) is 4.02. The molecule has 1 fully saturated rings. The van der Waals surface area contributed by atoms with Crippen LogP contribution in [0.3, 0.4) is 0 Å². The van der Waals surface area contributed by atoms with Crippen molar-refractivity contribution in [1.29, 1.82) is 0 Å². The molecule has 1 aliphatic rings. The summed E-state index contributed by atoms with van der Waals surface area (Å²) in [7, 11) is -4.03. The third-order valence-corrected chi connectivity index (χ3v) is 5.30. The zero-order valence-electron chi connectivity index (χ0n) is 11.2. The first-order valence-corrected chi connectivity index (χ1v) is 7.97. The second kappa shape index (κ2) is 5.29. The summed E-state index contributed by atoms with van der Waals surface area (Å²) in [6.45, 7) is 2.24. The summed E-state index contributed by atoms with van der Waals surface area (Å²) in [6.07, 6.45) is 4.00. The van der Waals surface area contributed by atoms with E-state index in [0.29, 0.717) is 0 Å². The Balaban J connectivity index is 2.21. The Hall–Kier alpha value is -1.21. The molecule has 0 amide bonds. The summed E-state index contributed by atoms with van der Waals surface area (Å²) < 4.78 is 53.4. The Morgan fingerprint density at radius 2 is 1.90 bits per heavy atom. The van der Waals surface area contributed by atoms with Crippen molar-refractivity contribution in [2.75, 3.05) is 12.3 Å². The molecular weight excluding hydrogens is 286 g/mol. The summed E-state index contributed by atoms with van der Waals surface area (Å²) in [6, 6.07) is 1.74. The number of benzene rings is 1. The molecule has 0 radical (unpaired) electrons. The molecule has 7 heteroatoms. The predicted octanol–water partition coefficient (Wildman–Crippen LogP) is 2.41. The molecular formula is C13H18F2N2O2S. The fraction of sp³-hybridized carbons (Fsp3) is 0.538. The maximum absolute atomic E-state index is 13.8. The molecule has 2 rings (SSSR count). The van der Waals surface area contributed by atoms with Crippen LogP contribution in [0.5, 0.6) is 0 Å². The first-order chi connectivity index (χ1) is 9.25. The lowest BCUT2D eigenvalue weighted by atomic mass is 9.89. The van der Waals surface area contributed by atoms with Crippen molar-refractivity contribution in [3.8, 4) is 0 Å². The average Bonchev–Trinajstić information content (AvgIpc) is 2.81. The van der Waals surface area contributed by atoms with Crippen LogP contribution in [-0.2, 0) is 10.0 Å². The maximum atomic E-state index is 13.8. The maximum Gasteiger partial charge on any atom is 0.243 e. The van der Waals surface area contributed by atoms with E-state index in [1.807, 2.05) is 6.92 Å². The molecule has 0 aromatic heterocycles. The second-order valence-corrected chi connectivity index (χ2v) is 7.35. The van der Waals surface area contributed by atoms with Gasteiger partial charge in [-0.3, -0.25) is 0 Å². The molecule has 0 saturated heterocycles. The highest BCUT2D eigenvalue weighted by atomic mass is 32.2. The van der Waals surface area contributed by atoms with Crippen LogP contribution in [0.4, 0.5) is 14.5 Å². The van der Waals surface area contributed by atoms with Crippen molar-refractivity contribution in [3.63, 3.8) is 0 Å². The van der Waals surface area contributed by atoms with Crippen molar-refractivity contribution >= 4 is 15.7 Å². The van der Waals surface area contributed by atoms with Crippen LogP contribution < -0.4 is 10.5 Å². The van der Waals surface area contributed by atoms with Gasteiger partial charge in [0, 0.05) is 6.54 Å². The Morgan fingerprint density at radius 3 is 2.50 bits per heavy atom. The van der Waals surface area contributed by atoms with Crippen LogP contribution >= 0.6 is 0 Å². The van der Waals surface area contributed by atoms with E-state index in [4.69, 9.17) is 5.73 Å². The van der Waals surface area contributed by atoms with E-state index in [-0.39, 0.29) is 12.0 Å². The highest BCUT2D eigenvalue weighted by Crippen LogP contribution is 2.37. The first kappa shape index (κ1) is 15.2. The zero-order chi connectivity index (χ0) is 15.0. The van der Waals surface area contributed by atoms with Crippen LogP contribution in [0.15, 0.2) is 17.0 Å². The van der Waals surface area contributed by atoms with Gasteiger partial charge >= 0.3 is 0 Å². The molecule has 20 heavy (non-hydrogen) atoms. The summed E-state index contributed by atoms with van der Waals surface area (Å²) in [5.41, 5.74) is 4.30. The first-order valence-electron chi connectivity index (χ1n) is 6.48. The molecule has 112 valence electrons. The highest BCUT2D eigenvalue weighted by Gasteiger charge is 2.31. The predicted molar refractivity (Wildman–Crippen MR) is 72.5 cm³/mol. The smallest absolute Gasteiger partial charge is 0.243 e. The Bertz CT molecular complexity index is 611. The van der Waals surface area contributed by atoms with Gasteiger partial charge in [0.2, 0.25) is 10.0 Å². The SMILES string of the molecule is CC1(CNS(=O)(=O)c2ccc(F)c(N)c2F)CCCC1. The fourth-order valence-corrected chi connectivity index (χ4v) is 3.80. The second-order valence-electron chi connectivity index (χ2n) is 5.62. The highest BCUT2D eigenvalue weighted by molar-refractivity contribution is 7.89. The van der Waals surface area contributed by atoms with E-state index in [0.717, 1.165) is 37.8 Å². The van der Waals surface area contributed by atoms with Crippen LogP contribution in [0, 0.1) is 17.0 Å². The number of nitrogens with two attached hydrogens (primary N) is 1. The van der Waals surface area contributed by atoms with Gasteiger partial charge in [-0.15, -0.1) is 0 Å². The molecule has 1 aromatic carbocycles. The number of halogens is 2. The Labute approximate surface area is 117 Å². The lowest BCUT2D eigenvalue weighted by molar-refractivity contribution is 0.336. The number of nitrogen functional groups attached to an aromatic ring is 1. The molecule has 1 saturated carbocycles. The van der Waals surface area contributed by atoms with E-state index < -0.39 is 32.2 Å². The number of hydrogen-bond acceptors (Lipinski definition) is 3. The molecule has 0 aliphatic heterocycles. The largest absolute Gasteiger partial charge is 0.394 e. The Morgan fingerprint density at radius 1 is 1.30 bits per heavy atom. The van der Waals surface area contributed by atoms with Gasteiger partial charge in [0.05, 0.1) is 0 Å². The number of hydrogen-bond donors (Lipinski definition) is 2. The normalized spacial score (nSPS) is 18.4. The molecule has 1 aliphatic carbocycles.